The molecule has 0 saturated carbocycles. The minimum atomic E-state index is -4.69. The number of hydrogen-bond donors (Lipinski definition) is 2. The van der Waals surface area contributed by atoms with E-state index in [1.807, 2.05) is 0 Å². The van der Waals surface area contributed by atoms with Crippen molar-refractivity contribution in [2.45, 2.75) is 12.6 Å². The highest BCUT2D eigenvalue weighted by atomic mass is 35.5. The lowest BCUT2D eigenvalue weighted by Gasteiger charge is -2.28. The number of benzene rings is 1. The molecule has 0 spiro atoms. The van der Waals surface area contributed by atoms with Crippen LogP contribution < -0.4 is 15.5 Å². The van der Waals surface area contributed by atoms with E-state index in [1.54, 1.807) is 5.32 Å². The van der Waals surface area contributed by atoms with Crippen LogP contribution in [0.5, 0.6) is 5.88 Å². The molecule has 1 aromatic carbocycles. The number of carbonyl (C=O) groups excluding carboxylic acids is 3. The smallest absolute Gasteiger partial charge is 0.343 e. The predicted octanol–water partition coefficient (Wildman–Crippen LogP) is 4.91. The van der Waals surface area contributed by atoms with E-state index < -0.39 is 36.2 Å². The summed E-state index contributed by atoms with van der Waals surface area (Å²) in [5, 5.41) is 7.89. The molecule has 2 aromatic heterocycles. The fraction of sp³-hybridized carbons (Fsp3) is 0.227. The summed E-state index contributed by atoms with van der Waals surface area (Å²) in [7, 11) is 0. The Morgan fingerprint density at radius 2 is 1.79 bits per heavy atom. The van der Waals surface area contributed by atoms with Gasteiger partial charge in [0.2, 0.25) is 0 Å². The number of pyridine rings is 1. The minimum absolute atomic E-state index is 0.0152. The maximum atomic E-state index is 13.3. The molecule has 1 aliphatic heterocycles. The van der Waals surface area contributed by atoms with E-state index in [1.165, 1.54) is 29.3 Å². The van der Waals surface area contributed by atoms with Gasteiger partial charge in [-0.1, -0.05) is 34.8 Å². The zero-order valence-corrected chi connectivity index (χ0v) is 21.7. The van der Waals surface area contributed by atoms with E-state index in [-0.39, 0.29) is 38.1 Å². The van der Waals surface area contributed by atoms with Crippen LogP contribution in [0.4, 0.5) is 23.7 Å². The van der Waals surface area contributed by atoms with E-state index in [0.29, 0.717) is 13.1 Å². The molecular weight excluding hydrogens is 592 g/mol. The van der Waals surface area contributed by atoms with E-state index in [9.17, 15) is 27.6 Å². The van der Waals surface area contributed by atoms with Crippen molar-refractivity contribution in [3.63, 3.8) is 0 Å². The van der Waals surface area contributed by atoms with Crippen LogP contribution >= 0.6 is 34.8 Å². The summed E-state index contributed by atoms with van der Waals surface area (Å²) in [6, 6.07) is 6.29. The van der Waals surface area contributed by atoms with Gasteiger partial charge in [0.25, 0.3) is 17.7 Å². The number of anilines is 1. The molecule has 0 atom stereocenters. The van der Waals surface area contributed by atoms with Crippen LogP contribution in [-0.2, 0) is 4.89 Å². The first-order valence-electron chi connectivity index (χ1n) is 10.9. The number of rotatable bonds is 7. The van der Waals surface area contributed by atoms with Crippen molar-refractivity contribution in [3.05, 3.63) is 62.9 Å². The van der Waals surface area contributed by atoms with Crippen LogP contribution in [0.2, 0.25) is 15.1 Å². The quantitative estimate of drug-likeness (QED) is 0.289. The number of likely N-dealkylation sites (tertiary alicyclic amines) is 1. The first kappa shape index (κ1) is 28.3. The third-order valence-electron chi connectivity index (χ3n) is 5.16. The molecule has 17 heteroatoms. The van der Waals surface area contributed by atoms with Crippen LogP contribution in [0.25, 0.3) is 5.82 Å². The number of nitrogens with one attached hydrogen (secondary N) is 2. The fourth-order valence-corrected chi connectivity index (χ4v) is 3.96. The second-order valence-corrected chi connectivity index (χ2v) is 9.17. The lowest BCUT2D eigenvalue weighted by molar-refractivity contribution is -0.161. The van der Waals surface area contributed by atoms with Crippen molar-refractivity contribution in [2.24, 2.45) is 0 Å². The van der Waals surface area contributed by atoms with Crippen LogP contribution in [-0.4, -0.2) is 63.4 Å². The van der Waals surface area contributed by atoms with Gasteiger partial charge in [0.05, 0.1) is 21.3 Å². The molecule has 3 aromatic rings. The van der Waals surface area contributed by atoms with Crippen LogP contribution in [0.15, 0.2) is 36.5 Å². The van der Waals surface area contributed by atoms with Gasteiger partial charge in [-0.25, -0.2) is 19.3 Å². The highest BCUT2D eigenvalue weighted by molar-refractivity contribution is 6.38. The van der Waals surface area contributed by atoms with Gasteiger partial charge in [-0.15, -0.1) is 5.10 Å². The maximum absolute atomic E-state index is 13.3. The number of carbonyl (C=O) groups is 3. The third kappa shape index (κ3) is 6.82. The molecule has 2 N–H and O–H groups in total. The Balaban J connectivity index is 1.65. The molecule has 4 rings (SSSR count). The summed E-state index contributed by atoms with van der Waals surface area (Å²) in [6.07, 6.45) is -3.27. The van der Waals surface area contributed by atoms with E-state index >= 15 is 0 Å². The lowest BCUT2D eigenvalue weighted by Crippen LogP contribution is -2.42. The second-order valence-electron chi connectivity index (χ2n) is 7.92. The van der Waals surface area contributed by atoms with Gasteiger partial charge in [0.1, 0.15) is 12.2 Å². The number of hydrogen-bond acceptors (Lipinski definition) is 7. The normalized spacial score (nSPS) is 12.9. The van der Waals surface area contributed by atoms with E-state index in [0.717, 1.165) is 23.2 Å². The average Bonchev–Trinajstić information content (AvgIpc) is 3.25. The highest BCUT2D eigenvalue weighted by Gasteiger charge is 2.30. The Labute approximate surface area is 232 Å². The Morgan fingerprint density at radius 1 is 1.05 bits per heavy atom. The minimum Gasteiger partial charge on any atom is -0.343 e. The molecule has 206 valence electrons. The van der Waals surface area contributed by atoms with Crippen molar-refractivity contribution >= 4 is 58.4 Å². The lowest BCUT2D eigenvalue weighted by atomic mass is 10.1. The van der Waals surface area contributed by atoms with Gasteiger partial charge in [-0.3, -0.25) is 14.5 Å². The molecular formula is C22H16Cl3F3N6O5. The summed E-state index contributed by atoms with van der Waals surface area (Å²) in [5.41, 5.74) is -1.05. The van der Waals surface area contributed by atoms with Crippen LogP contribution in [0.3, 0.4) is 0 Å². The summed E-state index contributed by atoms with van der Waals surface area (Å²) < 4.78 is 38.9. The number of alkyl halides is 3. The third-order valence-corrected chi connectivity index (χ3v) is 5.97. The Bertz CT molecular complexity index is 1430. The molecule has 0 radical (unpaired) electrons. The van der Waals surface area contributed by atoms with Crippen molar-refractivity contribution in [3.8, 4) is 11.7 Å². The molecule has 1 aliphatic rings. The standard InChI is InChI=1S/C22H16Cl3F3N6O5/c23-11-7-12(19(35)30-10-22(26,27)28)17(14(25)8-11)31-20(36)15-9-16(38-39-21(37)33-5-2-6-33)32-34(15)18-13(24)3-1-4-29-18/h1,3-4,7-9H,2,5-6,10H2,(H,30,35)(H,31,36). The fourth-order valence-electron chi connectivity index (χ4n) is 3.22. The second kappa shape index (κ2) is 11.6. The number of nitrogens with zero attached hydrogens (tertiary/aromatic N) is 4. The molecule has 39 heavy (non-hydrogen) atoms. The van der Waals surface area contributed by atoms with Gasteiger partial charge >= 0.3 is 12.3 Å². The first-order valence-corrected chi connectivity index (χ1v) is 12.1. The van der Waals surface area contributed by atoms with Crippen LogP contribution in [0, 0.1) is 0 Å². The summed E-state index contributed by atoms with van der Waals surface area (Å²) in [4.78, 5) is 53.0. The molecule has 3 heterocycles. The SMILES string of the molecule is O=C(NCC(F)(F)F)c1cc(Cl)cc(Cl)c1NC(=O)c1cc(OOC(=O)N2CCC2)nn1-c1ncccc1Cl. The molecule has 0 unspecified atom stereocenters. The molecule has 11 nitrogen and oxygen atoms in total. The zero-order valence-electron chi connectivity index (χ0n) is 19.4. The van der Waals surface area contributed by atoms with Gasteiger partial charge in [-0.2, -0.15) is 13.2 Å². The highest BCUT2D eigenvalue weighted by Crippen LogP contribution is 2.32. The summed E-state index contributed by atoms with van der Waals surface area (Å²) in [5.74, 6) is -2.50. The molecule has 0 aliphatic carbocycles. The van der Waals surface area contributed by atoms with Crippen molar-refractivity contribution in [1.82, 2.24) is 25.0 Å². The van der Waals surface area contributed by atoms with Crippen molar-refractivity contribution in [1.29, 1.82) is 0 Å². The van der Waals surface area contributed by atoms with Gasteiger partial charge in [0.15, 0.2) is 5.82 Å². The van der Waals surface area contributed by atoms with Gasteiger partial charge in [0, 0.05) is 30.4 Å². The average molecular weight is 608 g/mol. The molecule has 1 fully saturated rings. The molecule has 1 saturated heterocycles. The number of aromatic nitrogens is 3. The Hall–Kier alpha value is -3.75. The van der Waals surface area contributed by atoms with Gasteiger partial charge in [-0.05, 0) is 30.7 Å². The summed E-state index contributed by atoms with van der Waals surface area (Å²) in [6.45, 7) is -0.645. The predicted molar refractivity (Wildman–Crippen MR) is 132 cm³/mol. The summed E-state index contributed by atoms with van der Waals surface area (Å²) >= 11 is 18.3. The van der Waals surface area contributed by atoms with Crippen molar-refractivity contribution in [2.75, 3.05) is 25.0 Å². The van der Waals surface area contributed by atoms with Gasteiger partial charge < -0.3 is 15.5 Å². The Kier molecular flexibility index (Phi) is 8.37. The van der Waals surface area contributed by atoms with E-state index in [2.05, 4.69) is 15.4 Å². The largest absolute Gasteiger partial charge is 0.452 e. The number of halogens is 6. The molecule has 0 bridgehead atoms. The number of amides is 3. The maximum Gasteiger partial charge on any atom is 0.452 e. The monoisotopic (exact) mass is 606 g/mol. The first-order chi connectivity index (χ1) is 18.4. The van der Waals surface area contributed by atoms with Crippen LogP contribution in [0.1, 0.15) is 27.3 Å². The molecule has 3 amide bonds. The van der Waals surface area contributed by atoms with E-state index in [4.69, 9.17) is 44.6 Å². The zero-order chi connectivity index (χ0) is 28.3. The van der Waals surface area contributed by atoms with Crippen molar-refractivity contribution < 1.29 is 37.3 Å². The topological polar surface area (TPSA) is 128 Å². The Morgan fingerprint density at radius 3 is 2.44 bits per heavy atom.